The normalized spacial score (nSPS) is 11.7. The number of thiocarbonyl (C=S) groups is 1. The third-order valence-corrected chi connectivity index (χ3v) is 4.44. The molecule has 1 aromatic heterocycles. The zero-order chi connectivity index (χ0) is 20.1. The number of aliphatic hydroxyl groups is 1. The SMILES string of the molecule is Cc1ccc(NC(=S)/C(=C(\[O-])c2ccc(F)cc2)[n+]2cccc(CO)c2)cc1. The number of anilines is 1. The predicted molar refractivity (Wildman–Crippen MR) is 109 cm³/mol. The predicted octanol–water partition coefficient (Wildman–Crippen LogP) is 3.04. The van der Waals surface area contributed by atoms with Gasteiger partial charge in [-0.05, 0) is 48.6 Å². The molecular weight excluding hydrogens is 375 g/mol. The Hall–Kier alpha value is -3.09. The maximum atomic E-state index is 13.3. The van der Waals surface area contributed by atoms with Gasteiger partial charge in [0, 0.05) is 17.3 Å². The number of hydrogen-bond acceptors (Lipinski definition) is 3. The van der Waals surface area contributed by atoms with Crippen LogP contribution in [0.15, 0.2) is 73.1 Å². The van der Waals surface area contributed by atoms with E-state index in [-0.39, 0.29) is 23.1 Å². The van der Waals surface area contributed by atoms with Crippen molar-refractivity contribution in [3.63, 3.8) is 0 Å². The summed E-state index contributed by atoms with van der Waals surface area (Å²) in [6.45, 7) is 1.81. The Morgan fingerprint density at radius 1 is 1.11 bits per heavy atom. The number of benzene rings is 2. The number of nitrogens with one attached hydrogen (secondary N) is 1. The third-order valence-electron chi connectivity index (χ3n) is 4.15. The smallest absolute Gasteiger partial charge is 0.238 e. The first kappa shape index (κ1) is 19.7. The molecule has 0 bridgehead atoms. The lowest BCUT2D eigenvalue weighted by Crippen LogP contribution is -2.40. The summed E-state index contributed by atoms with van der Waals surface area (Å²) in [5.74, 6) is -0.780. The van der Waals surface area contributed by atoms with Crippen molar-refractivity contribution in [2.45, 2.75) is 13.5 Å². The molecule has 0 atom stereocenters. The van der Waals surface area contributed by atoms with E-state index in [1.165, 1.54) is 24.3 Å². The number of aryl methyl sites for hydroxylation is 1. The average Bonchev–Trinajstić information content (AvgIpc) is 2.70. The van der Waals surface area contributed by atoms with Crippen molar-refractivity contribution < 1.29 is 19.2 Å². The number of rotatable bonds is 5. The highest BCUT2D eigenvalue weighted by molar-refractivity contribution is 7.81. The average molecular weight is 394 g/mol. The molecule has 4 nitrogen and oxygen atoms in total. The van der Waals surface area contributed by atoms with Crippen LogP contribution < -0.4 is 15.0 Å². The van der Waals surface area contributed by atoms with Crippen molar-refractivity contribution in [1.29, 1.82) is 0 Å². The molecule has 0 aliphatic carbocycles. The van der Waals surface area contributed by atoms with E-state index in [0.29, 0.717) is 11.1 Å². The molecule has 1 heterocycles. The molecular formula is C22H19FN2O2S. The zero-order valence-electron chi connectivity index (χ0n) is 15.2. The molecule has 0 unspecified atom stereocenters. The van der Waals surface area contributed by atoms with Crippen LogP contribution in [-0.2, 0) is 6.61 Å². The monoisotopic (exact) mass is 394 g/mol. The summed E-state index contributed by atoms with van der Waals surface area (Å²) in [5.41, 5.74) is 3.00. The fraction of sp³-hybridized carbons (Fsp3) is 0.0909. The number of halogens is 1. The third kappa shape index (κ3) is 4.60. The van der Waals surface area contributed by atoms with Crippen LogP contribution in [0.2, 0.25) is 0 Å². The Bertz CT molecular complexity index is 1020. The van der Waals surface area contributed by atoms with Gasteiger partial charge in [-0.25, -0.2) is 4.39 Å². The summed E-state index contributed by atoms with van der Waals surface area (Å²) in [5, 5.41) is 25.7. The van der Waals surface area contributed by atoms with Gasteiger partial charge in [0.05, 0.1) is 6.61 Å². The van der Waals surface area contributed by atoms with Gasteiger partial charge in [0.2, 0.25) is 5.70 Å². The lowest BCUT2D eigenvalue weighted by molar-refractivity contribution is -0.578. The van der Waals surface area contributed by atoms with Crippen molar-refractivity contribution in [1.82, 2.24) is 0 Å². The molecule has 2 aromatic carbocycles. The van der Waals surface area contributed by atoms with E-state index in [4.69, 9.17) is 12.2 Å². The Kier molecular flexibility index (Phi) is 6.13. The summed E-state index contributed by atoms with van der Waals surface area (Å²) < 4.78 is 14.8. The Labute approximate surface area is 168 Å². The van der Waals surface area contributed by atoms with E-state index < -0.39 is 5.82 Å². The highest BCUT2D eigenvalue weighted by Crippen LogP contribution is 2.18. The molecule has 0 aliphatic rings. The van der Waals surface area contributed by atoms with E-state index in [2.05, 4.69) is 5.32 Å². The second-order valence-electron chi connectivity index (χ2n) is 6.28. The second kappa shape index (κ2) is 8.73. The van der Waals surface area contributed by atoms with Gasteiger partial charge in [0.1, 0.15) is 5.82 Å². The molecule has 0 radical (unpaired) electrons. The van der Waals surface area contributed by atoms with E-state index in [0.717, 1.165) is 11.3 Å². The fourth-order valence-electron chi connectivity index (χ4n) is 2.66. The Balaban J connectivity index is 2.07. The molecule has 3 rings (SSSR count). The van der Waals surface area contributed by atoms with Gasteiger partial charge in [-0.15, -0.1) is 0 Å². The first-order valence-corrected chi connectivity index (χ1v) is 9.05. The van der Waals surface area contributed by atoms with Gasteiger partial charge in [-0.3, -0.25) is 0 Å². The maximum absolute atomic E-state index is 13.3. The topological polar surface area (TPSA) is 59.2 Å². The van der Waals surface area contributed by atoms with Gasteiger partial charge in [0.15, 0.2) is 17.4 Å². The van der Waals surface area contributed by atoms with E-state index in [1.54, 1.807) is 29.1 Å². The molecule has 28 heavy (non-hydrogen) atoms. The van der Waals surface area contributed by atoms with Crippen molar-refractivity contribution in [2.75, 3.05) is 5.32 Å². The zero-order valence-corrected chi connectivity index (χ0v) is 16.0. The maximum Gasteiger partial charge on any atom is 0.238 e. The quantitative estimate of drug-likeness (QED) is 0.302. The molecule has 3 aromatic rings. The minimum Gasteiger partial charge on any atom is -0.867 e. The van der Waals surface area contributed by atoms with Crippen LogP contribution in [0.1, 0.15) is 16.7 Å². The summed E-state index contributed by atoms with van der Waals surface area (Å²) in [6, 6.07) is 16.4. The van der Waals surface area contributed by atoms with Crippen molar-refractivity contribution in [2.24, 2.45) is 0 Å². The van der Waals surface area contributed by atoms with Gasteiger partial charge in [-0.2, -0.15) is 4.57 Å². The van der Waals surface area contributed by atoms with Crippen LogP contribution in [0, 0.1) is 12.7 Å². The molecule has 0 saturated heterocycles. The minimum atomic E-state index is -0.423. The van der Waals surface area contributed by atoms with Crippen LogP contribution >= 0.6 is 12.2 Å². The second-order valence-corrected chi connectivity index (χ2v) is 6.69. The first-order valence-electron chi connectivity index (χ1n) is 8.64. The lowest BCUT2D eigenvalue weighted by Gasteiger charge is -2.17. The van der Waals surface area contributed by atoms with Crippen LogP contribution in [0.25, 0.3) is 11.5 Å². The van der Waals surface area contributed by atoms with Crippen LogP contribution in [0.3, 0.4) is 0 Å². The van der Waals surface area contributed by atoms with Crippen LogP contribution in [-0.4, -0.2) is 10.1 Å². The summed E-state index contributed by atoms with van der Waals surface area (Å²) >= 11 is 5.53. The molecule has 142 valence electrons. The highest BCUT2D eigenvalue weighted by Gasteiger charge is 2.19. The summed E-state index contributed by atoms with van der Waals surface area (Å²) in [7, 11) is 0. The highest BCUT2D eigenvalue weighted by atomic mass is 32.1. The van der Waals surface area contributed by atoms with Gasteiger partial charge >= 0.3 is 0 Å². The Morgan fingerprint density at radius 2 is 1.79 bits per heavy atom. The van der Waals surface area contributed by atoms with Gasteiger partial charge < -0.3 is 15.5 Å². The first-order chi connectivity index (χ1) is 13.5. The number of aliphatic hydroxyl groups excluding tert-OH is 1. The van der Waals surface area contributed by atoms with Gasteiger partial charge in [0.25, 0.3) is 0 Å². The lowest BCUT2D eigenvalue weighted by atomic mass is 10.1. The molecule has 0 amide bonds. The number of aromatic nitrogens is 1. The van der Waals surface area contributed by atoms with Crippen molar-refractivity contribution >= 4 is 34.3 Å². The number of hydrogen-bond donors (Lipinski definition) is 2. The molecule has 6 heteroatoms. The van der Waals surface area contributed by atoms with E-state index in [9.17, 15) is 14.6 Å². The molecule has 0 fully saturated rings. The van der Waals surface area contributed by atoms with Gasteiger partial charge in [-0.1, -0.05) is 42.0 Å². The van der Waals surface area contributed by atoms with Crippen LogP contribution in [0.5, 0.6) is 0 Å². The standard InChI is InChI=1S/C22H19FN2O2S/c1-15-4-10-19(11-5-15)24-22(28)20(25-12-2-3-16(13-25)14-26)21(27)17-6-8-18(23)9-7-17/h2-13,26H,14H2,1H3,(H-,24,27,28). The van der Waals surface area contributed by atoms with Crippen molar-refractivity contribution in [3.05, 3.63) is 95.6 Å². The molecule has 2 N–H and O–H groups in total. The largest absolute Gasteiger partial charge is 0.867 e. The van der Waals surface area contributed by atoms with E-state index >= 15 is 0 Å². The van der Waals surface area contributed by atoms with Crippen LogP contribution in [0.4, 0.5) is 10.1 Å². The Morgan fingerprint density at radius 3 is 2.43 bits per heavy atom. The fourth-order valence-corrected chi connectivity index (χ4v) is 2.98. The number of nitrogens with zero attached hydrogens (tertiary/aromatic N) is 1. The summed E-state index contributed by atoms with van der Waals surface area (Å²) in [4.78, 5) is 0.221. The molecule has 0 saturated carbocycles. The van der Waals surface area contributed by atoms with E-state index in [1.807, 2.05) is 31.2 Å². The van der Waals surface area contributed by atoms with Crippen molar-refractivity contribution in [3.8, 4) is 0 Å². The number of pyridine rings is 1. The molecule has 0 spiro atoms. The minimum absolute atomic E-state index is 0.170. The summed E-state index contributed by atoms with van der Waals surface area (Å²) in [6.07, 6.45) is 3.32. The molecule has 0 aliphatic heterocycles.